The molecule has 0 heterocycles. The van der Waals surface area contributed by atoms with Crippen molar-refractivity contribution in [2.24, 2.45) is 0 Å². The van der Waals surface area contributed by atoms with Crippen LogP contribution in [0, 0.1) is 10.1 Å². The highest BCUT2D eigenvalue weighted by Gasteiger charge is 2.20. The number of nitro benzene ring substituents is 1. The maximum atomic E-state index is 11.9. The largest absolute Gasteiger partial charge is 0.508 e. The first-order valence-corrected chi connectivity index (χ1v) is 14.6. The Morgan fingerprint density at radius 3 is 1.69 bits per heavy atom. The number of carbonyl (C=O) groups is 2. The van der Waals surface area contributed by atoms with Crippen molar-refractivity contribution in [2.75, 3.05) is 13.2 Å². The van der Waals surface area contributed by atoms with Crippen LogP contribution in [0.5, 0.6) is 5.75 Å². The van der Waals surface area contributed by atoms with Crippen LogP contribution in [0.2, 0.25) is 0 Å². The summed E-state index contributed by atoms with van der Waals surface area (Å²) in [6, 6.07) is 35.7. The zero-order valence-corrected chi connectivity index (χ0v) is 24.3. The molecule has 0 aliphatic carbocycles. The number of nitro groups is 1. The van der Waals surface area contributed by atoms with Crippen LogP contribution in [0.3, 0.4) is 0 Å². The van der Waals surface area contributed by atoms with Gasteiger partial charge in [-0.05, 0) is 55.9 Å². The number of carbonyl (C=O) groups excluding carboxylic acids is 2. The molecular weight excluding hydrogens is 553 g/mol. The first-order chi connectivity index (χ1) is 20.3. The van der Waals surface area contributed by atoms with Crippen LogP contribution in [-0.2, 0) is 19.1 Å². The second-order valence-electron chi connectivity index (χ2n) is 8.71. The fourth-order valence-corrected chi connectivity index (χ4v) is 6.27. The van der Waals surface area contributed by atoms with Crippen LogP contribution in [0.25, 0.3) is 6.08 Å². The van der Waals surface area contributed by atoms with Gasteiger partial charge in [0, 0.05) is 11.6 Å². The Hall–Kier alpha value is -4.81. The third kappa shape index (κ3) is 9.39. The lowest BCUT2D eigenvalue weighted by Gasteiger charge is -2.18. The molecule has 0 saturated carbocycles. The maximum absolute atomic E-state index is 11.9. The van der Waals surface area contributed by atoms with E-state index in [9.17, 15) is 24.8 Å². The van der Waals surface area contributed by atoms with E-state index in [0.717, 1.165) is 24.3 Å². The van der Waals surface area contributed by atoms with Crippen LogP contribution in [0.15, 0.2) is 115 Å². The Morgan fingerprint density at radius 2 is 1.26 bits per heavy atom. The van der Waals surface area contributed by atoms with E-state index in [4.69, 9.17) is 9.47 Å². The van der Waals surface area contributed by atoms with Gasteiger partial charge in [0.2, 0.25) is 0 Å². The minimum atomic E-state index is -0.779. The lowest BCUT2D eigenvalue weighted by Crippen LogP contribution is -2.20. The molecule has 0 fully saturated rings. The molecule has 8 nitrogen and oxygen atoms in total. The molecule has 0 aliphatic heterocycles. The van der Waals surface area contributed by atoms with E-state index >= 15 is 0 Å². The van der Waals surface area contributed by atoms with Crippen molar-refractivity contribution in [3.8, 4) is 5.75 Å². The molecule has 1 N–H and O–H groups in total. The fourth-order valence-electron chi connectivity index (χ4n) is 3.96. The number of phenolic OH excluding ortho intramolecular Hbond substituents is 1. The summed E-state index contributed by atoms with van der Waals surface area (Å²) < 4.78 is 9.61. The monoisotopic (exact) mass is 585 g/mol. The van der Waals surface area contributed by atoms with Crippen molar-refractivity contribution in [1.82, 2.24) is 0 Å². The summed E-state index contributed by atoms with van der Waals surface area (Å²) in [4.78, 5) is 33.9. The third-order valence-corrected chi connectivity index (χ3v) is 8.20. The minimum Gasteiger partial charge on any atom is -0.508 e. The van der Waals surface area contributed by atoms with Crippen LogP contribution in [-0.4, -0.2) is 35.2 Å². The summed E-state index contributed by atoms with van der Waals surface area (Å²) in [7, 11) is -0.446. The van der Waals surface area contributed by atoms with Gasteiger partial charge in [0.05, 0.1) is 30.1 Å². The van der Waals surface area contributed by atoms with E-state index in [1.54, 1.807) is 13.8 Å². The van der Waals surface area contributed by atoms with Gasteiger partial charge in [0.1, 0.15) is 5.75 Å². The van der Waals surface area contributed by atoms with Gasteiger partial charge in [-0.2, -0.15) is 0 Å². The fraction of sp³-hybridized carbons (Fsp3) is 0.152. The number of aromatic hydroxyl groups is 1. The molecule has 0 radical (unpaired) electrons. The molecular formula is C33H32NO7P. The quantitative estimate of drug-likeness (QED) is 0.0841. The highest BCUT2D eigenvalue weighted by atomic mass is 31.1. The van der Waals surface area contributed by atoms with Gasteiger partial charge >= 0.3 is 11.9 Å². The summed E-state index contributed by atoms with van der Waals surface area (Å²) in [5.74, 6) is -1.64. The van der Waals surface area contributed by atoms with E-state index in [1.807, 2.05) is 0 Å². The molecule has 4 aromatic carbocycles. The van der Waals surface area contributed by atoms with E-state index in [2.05, 4.69) is 91.0 Å². The Bertz CT molecular complexity index is 1400. The normalized spacial score (nSPS) is 10.8. The van der Waals surface area contributed by atoms with Gasteiger partial charge in [0.25, 0.3) is 5.69 Å². The van der Waals surface area contributed by atoms with Crippen molar-refractivity contribution in [3.05, 3.63) is 130 Å². The van der Waals surface area contributed by atoms with Gasteiger partial charge in [0.15, 0.2) is 0 Å². The minimum absolute atomic E-state index is 0.0117. The topological polar surface area (TPSA) is 116 Å². The molecule has 0 unspecified atom stereocenters. The number of phenols is 1. The van der Waals surface area contributed by atoms with E-state index in [0.29, 0.717) is 0 Å². The molecule has 0 amide bonds. The van der Waals surface area contributed by atoms with E-state index < -0.39 is 24.8 Å². The average molecular weight is 586 g/mol. The summed E-state index contributed by atoms with van der Waals surface area (Å²) in [5.41, 5.74) is -0.421. The van der Waals surface area contributed by atoms with Crippen molar-refractivity contribution in [3.63, 3.8) is 0 Å². The SMILES string of the molecule is CCOC(=O)CC(=Cc1cc(O)ccc1[N+](=O)[O-])C(=O)OCC.c1ccc(P(c2ccccc2)c2ccccc2)cc1. The first-order valence-electron chi connectivity index (χ1n) is 13.3. The summed E-state index contributed by atoms with van der Waals surface area (Å²) >= 11 is 0. The summed E-state index contributed by atoms with van der Waals surface area (Å²) in [6.45, 7) is 3.44. The number of benzene rings is 4. The highest BCUT2D eigenvalue weighted by Crippen LogP contribution is 2.32. The Morgan fingerprint density at radius 1 is 0.786 bits per heavy atom. The molecule has 0 spiro atoms. The van der Waals surface area contributed by atoms with Crippen LogP contribution in [0.1, 0.15) is 25.8 Å². The van der Waals surface area contributed by atoms with Crippen LogP contribution < -0.4 is 15.9 Å². The number of hydrogen-bond acceptors (Lipinski definition) is 7. The highest BCUT2D eigenvalue weighted by molar-refractivity contribution is 7.79. The summed E-state index contributed by atoms with van der Waals surface area (Å²) in [5, 5.41) is 24.7. The molecule has 0 saturated heterocycles. The maximum Gasteiger partial charge on any atom is 0.334 e. The third-order valence-electron chi connectivity index (χ3n) is 5.76. The van der Waals surface area contributed by atoms with Crippen LogP contribution in [0.4, 0.5) is 5.69 Å². The predicted molar refractivity (Wildman–Crippen MR) is 166 cm³/mol. The molecule has 9 heteroatoms. The number of ether oxygens (including phenoxy) is 2. The molecule has 4 rings (SSSR count). The van der Waals surface area contributed by atoms with Crippen LogP contribution >= 0.6 is 7.92 Å². The van der Waals surface area contributed by atoms with Gasteiger partial charge < -0.3 is 14.6 Å². The average Bonchev–Trinajstić information content (AvgIpc) is 2.99. The summed E-state index contributed by atoms with van der Waals surface area (Å²) in [6.07, 6.45) is 0.756. The van der Waals surface area contributed by atoms with Crippen molar-refractivity contribution >= 4 is 47.5 Å². The zero-order valence-electron chi connectivity index (χ0n) is 23.4. The Kier molecular flexibility index (Phi) is 12.4. The molecule has 0 bridgehead atoms. The zero-order chi connectivity index (χ0) is 30.3. The van der Waals surface area contributed by atoms with Gasteiger partial charge in [-0.1, -0.05) is 91.0 Å². The number of nitrogens with zero attached hydrogens (tertiary/aromatic N) is 1. The number of esters is 2. The smallest absolute Gasteiger partial charge is 0.334 e. The Balaban J connectivity index is 0.000000234. The lowest BCUT2D eigenvalue weighted by atomic mass is 10.1. The second-order valence-corrected chi connectivity index (χ2v) is 10.9. The molecule has 4 aromatic rings. The van der Waals surface area contributed by atoms with Gasteiger partial charge in [-0.3, -0.25) is 14.9 Å². The molecule has 0 aromatic heterocycles. The molecule has 42 heavy (non-hydrogen) atoms. The van der Waals surface area contributed by atoms with Gasteiger partial charge in [-0.25, -0.2) is 4.79 Å². The van der Waals surface area contributed by atoms with Gasteiger partial charge in [-0.15, -0.1) is 0 Å². The first kappa shape index (κ1) is 31.7. The van der Waals surface area contributed by atoms with E-state index in [1.165, 1.54) is 15.9 Å². The molecule has 0 atom stereocenters. The molecule has 0 aliphatic rings. The lowest BCUT2D eigenvalue weighted by molar-refractivity contribution is -0.385. The standard InChI is InChI=1S/C18H15P.C15H17NO7/c1-4-10-16(11-5-1)19(17-12-6-2-7-13-17)18-14-8-3-9-15-18;1-3-22-14(18)9-11(15(19)23-4-2)7-10-8-12(17)5-6-13(10)16(20)21/h1-15H;5-8,17H,3-4,9H2,1-2H3. The van der Waals surface area contributed by atoms with E-state index in [-0.39, 0.29) is 42.2 Å². The number of rotatable bonds is 10. The predicted octanol–water partition coefficient (Wildman–Crippen LogP) is 5.64. The van der Waals surface area contributed by atoms with Crippen molar-refractivity contribution in [2.45, 2.75) is 20.3 Å². The second kappa shape index (κ2) is 16.5. The Labute approximate surface area is 246 Å². The number of hydrogen-bond donors (Lipinski definition) is 1. The van der Waals surface area contributed by atoms with Crippen molar-refractivity contribution < 1.29 is 29.1 Å². The van der Waals surface area contributed by atoms with Crippen molar-refractivity contribution in [1.29, 1.82) is 0 Å². The molecule has 216 valence electrons.